The summed E-state index contributed by atoms with van der Waals surface area (Å²) in [7, 11) is 0. The molecule has 140 valence electrons. The molecule has 6 nitrogen and oxygen atoms in total. The molecular weight excluding hydrogens is 361 g/mol. The maximum Gasteiger partial charge on any atom is 0.416 e. The summed E-state index contributed by atoms with van der Waals surface area (Å²) < 4.78 is 38.2. The number of nitrogens with one attached hydrogen (secondary N) is 4. The molecule has 0 atom stereocenters. The summed E-state index contributed by atoms with van der Waals surface area (Å²) in [6.07, 6.45) is -4.47. The number of hydrogen-bond donors (Lipinski definition) is 4. The van der Waals surface area contributed by atoms with E-state index >= 15 is 0 Å². The Bertz CT molecular complexity index is 994. The van der Waals surface area contributed by atoms with Crippen molar-refractivity contribution in [2.45, 2.75) is 6.18 Å². The van der Waals surface area contributed by atoms with Crippen molar-refractivity contribution in [3.05, 3.63) is 70.5 Å². The maximum absolute atomic E-state index is 12.7. The van der Waals surface area contributed by atoms with Crippen molar-refractivity contribution in [3.63, 3.8) is 0 Å². The van der Waals surface area contributed by atoms with E-state index in [1.165, 1.54) is 12.1 Å². The second-order valence-electron chi connectivity index (χ2n) is 5.68. The molecule has 1 heterocycles. The van der Waals surface area contributed by atoms with Gasteiger partial charge in [0.15, 0.2) is 0 Å². The summed E-state index contributed by atoms with van der Waals surface area (Å²) in [4.78, 5) is 24.1. The van der Waals surface area contributed by atoms with E-state index in [2.05, 4.69) is 20.8 Å². The van der Waals surface area contributed by atoms with Crippen LogP contribution in [0.5, 0.6) is 0 Å². The van der Waals surface area contributed by atoms with Crippen molar-refractivity contribution in [1.82, 2.24) is 10.2 Å². The van der Waals surface area contributed by atoms with Crippen LogP contribution in [0.3, 0.4) is 0 Å². The highest BCUT2D eigenvalue weighted by Crippen LogP contribution is 2.30. The molecule has 0 spiro atoms. The molecule has 1 aromatic heterocycles. The monoisotopic (exact) mass is 376 g/mol. The van der Waals surface area contributed by atoms with Crippen LogP contribution in [0.2, 0.25) is 0 Å². The van der Waals surface area contributed by atoms with E-state index in [0.29, 0.717) is 11.3 Å². The summed E-state index contributed by atoms with van der Waals surface area (Å²) in [6, 6.07) is 13.4. The highest BCUT2D eigenvalue weighted by atomic mass is 19.4. The van der Waals surface area contributed by atoms with Crippen molar-refractivity contribution in [3.8, 4) is 11.3 Å². The van der Waals surface area contributed by atoms with Crippen LogP contribution in [-0.4, -0.2) is 22.6 Å². The van der Waals surface area contributed by atoms with Gasteiger partial charge in [-0.05, 0) is 18.2 Å². The zero-order chi connectivity index (χ0) is 19.4. The minimum atomic E-state index is -4.47. The first-order chi connectivity index (χ1) is 12.8. The zero-order valence-electron chi connectivity index (χ0n) is 13.9. The molecule has 0 radical (unpaired) electrons. The molecule has 0 aliphatic rings. The number of halogens is 3. The first-order valence-electron chi connectivity index (χ1n) is 7.91. The molecule has 4 N–H and O–H groups in total. The van der Waals surface area contributed by atoms with Crippen LogP contribution >= 0.6 is 0 Å². The molecule has 0 aliphatic heterocycles. The quantitative estimate of drug-likeness (QED) is 0.550. The van der Waals surface area contributed by atoms with E-state index in [0.717, 1.165) is 12.1 Å². The van der Waals surface area contributed by atoms with E-state index in [1.54, 1.807) is 24.3 Å². The minimum absolute atomic E-state index is 0.0389. The molecule has 9 heteroatoms. The molecule has 0 unspecified atom stereocenters. The van der Waals surface area contributed by atoms with Gasteiger partial charge in [0.05, 0.1) is 17.8 Å². The van der Waals surface area contributed by atoms with E-state index in [9.17, 15) is 22.8 Å². The third-order valence-corrected chi connectivity index (χ3v) is 3.75. The maximum atomic E-state index is 12.7. The lowest BCUT2D eigenvalue weighted by Gasteiger charge is -2.11. The Labute approximate surface area is 151 Å². The van der Waals surface area contributed by atoms with Gasteiger partial charge >= 0.3 is 6.18 Å². The van der Waals surface area contributed by atoms with Crippen molar-refractivity contribution >= 4 is 17.3 Å². The number of aromatic nitrogens is 2. The Hall–Kier alpha value is -3.49. The Morgan fingerprint density at radius 1 is 1.00 bits per heavy atom. The van der Waals surface area contributed by atoms with Gasteiger partial charge in [-0.25, -0.2) is 0 Å². The number of carbonyl (C=O) groups is 1. The van der Waals surface area contributed by atoms with Gasteiger partial charge in [-0.15, -0.1) is 0 Å². The Kier molecular flexibility index (Phi) is 5.02. The molecule has 0 fully saturated rings. The van der Waals surface area contributed by atoms with Crippen molar-refractivity contribution in [1.29, 1.82) is 0 Å². The topological polar surface area (TPSA) is 89.8 Å². The van der Waals surface area contributed by atoms with E-state index in [4.69, 9.17) is 0 Å². The summed E-state index contributed by atoms with van der Waals surface area (Å²) in [6.45, 7) is -0.305. The molecule has 0 saturated heterocycles. The average molecular weight is 376 g/mol. The number of alkyl halides is 3. The lowest BCUT2D eigenvalue weighted by Crippen LogP contribution is -2.24. The smallest absolute Gasteiger partial charge is 0.376 e. The lowest BCUT2D eigenvalue weighted by atomic mass is 10.1. The molecule has 0 saturated carbocycles. The van der Waals surface area contributed by atoms with Gasteiger partial charge in [0.1, 0.15) is 5.69 Å². The SMILES string of the molecule is O=C(CNc1cccc(C(F)(F)F)c1)Nc1c(-c2ccccc2)[nH][nH]c1=O. The van der Waals surface area contributed by atoms with Gasteiger partial charge in [0.25, 0.3) is 5.56 Å². The molecule has 3 rings (SSSR count). The second-order valence-corrected chi connectivity index (χ2v) is 5.68. The molecule has 27 heavy (non-hydrogen) atoms. The fourth-order valence-electron chi connectivity index (χ4n) is 2.47. The van der Waals surface area contributed by atoms with Crippen LogP contribution in [0.25, 0.3) is 11.3 Å². The van der Waals surface area contributed by atoms with Gasteiger partial charge in [0, 0.05) is 11.3 Å². The number of rotatable bonds is 5. The Morgan fingerprint density at radius 2 is 1.74 bits per heavy atom. The fraction of sp³-hybridized carbons (Fsp3) is 0.111. The van der Waals surface area contributed by atoms with Crippen molar-refractivity contribution in [2.24, 2.45) is 0 Å². The van der Waals surface area contributed by atoms with E-state index in [-0.39, 0.29) is 17.9 Å². The Balaban J connectivity index is 1.69. The number of carbonyl (C=O) groups excluding carboxylic acids is 1. The number of hydrogen-bond acceptors (Lipinski definition) is 3. The van der Waals surface area contributed by atoms with Gasteiger partial charge in [-0.1, -0.05) is 36.4 Å². The van der Waals surface area contributed by atoms with Crippen LogP contribution in [0.1, 0.15) is 5.56 Å². The standard InChI is InChI=1S/C18H15F3N4O2/c19-18(20,21)12-7-4-8-13(9-12)22-10-14(26)23-16-15(24-25-17(16)27)11-5-2-1-3-6-11/h1-9,22H,10H2,(H,23,26)(H2,24,25,27). The highest BCUT2D eigenvalue weighted by molar-refractivity contribution is 5.96. The summed E-state index contributed by atoms with van der Waals surface area (Å²) in [5.74, 6) is -0.574. The second kappa shape index (κ2) is 7.40. The number of anilines is 2. The van der Waals surface area contributed by atoms with E-state index in [1.807, 2.05) is 6.07 Å². The summed E-state index contributed by atoms with van der Waals surface area (Å²) >= 11 is 0. The third kappa shape index (κ3) is 4.38. The first-order valence-corrected chi connectivity index (χ1v) is 7.91. The molecule has 3 aromatic rings. The van der Waals surface area contributed by atoms with Gasteiger partial charge in [0.2, 0.25) is 5.91 Å². The summed E-state index contributed by atoms with van der Waals surface area (Å²) in [5.41, 5.74) is -0.0455. The van der Waals surface area contributed by atoms with Gasteiger partial charge < -0.3 is 10.6 Å². The van der Waals surface area contributed by atoms with Crippen LogP contribution in [0.15, 0.2) is 59.4 Å². The highest BCUT2D eigenvalue weighted by Gasteiger charge is 2.30. The molecule has 2 aromatic carbocycles. The first kappa shape index (κ1) is 18.3. The van der Waals surface area contributed by atoms with Gasteiger partial charge in [-0.2, -0.15) is 13.2 Å². The van der Waals surface area contributed by atoms with Crippen LogP contribution in [-0.2, 0) is 11.0 Å². The van der Waals surface area contributed by atoms with Crippen LogP contribution < -0.4 is 16.2 Å². The normalized spacial score (nSPS) is 11.2. The average Bonchev–Trinajstić information content (AvgIpc) is 3.01. The van der Waals surface area contributed by atoms with Gasteiger partial charge in [-0.3, -0.25) is 19.8 Å². The van der Waals surface area contributed by atoms with Crippen LogP contribution in [0.4, 0.5) is 24.5 Å². The van der Waals surface area contributed by atoms with Crippen molar-refractivity contribution in [2.75, 3.05) is 17.2 Å². The molecule has 0 aliphatic carbocycles. The Morgan fingerprint density at radius 3 is 2.44 bits per heavy atom. The van der Waals surface area contributed by atoms with E-state index < -0.39 is 23.2 Å². The molecule has 0 bridgehead atoms. The fourth-order valence-corrected chi connectivity index (χ4v) is 2.47. The number of aromatic amines is 2. The van der Waals surface area contributed by atoms with Crippen molar-refractivity contribution < 1.29 is 18.0 Å². The largest absolute Gasteiger partial charge is 0.416 e. The molecule has 1 amide bonds. The number of benzene rings is 2. The predicted molar refractivity (Wildman–Crippen MR) is 95.4 cm³/mol. The summed E-state index contributed by atoms with van der Waals surface area (Å²) in [5, 5.41) is 10.2. The predicted octanol–water partition coefficient (Wildman–Crippen LogP) is 3.44. The lowest BCUT2D eigenvalue weighted by molar-refractivity contribution is -0.137. The zero-order valence-corrected chi connectivity index (χ0v) is 13.9. The number of H-pyrrole nitrogens is 2. The third-order valence-electron chi connectivity index (χ3n) is 3.75. The van der Waals surface area contributed by atoms with Crippen LogP contribution in [0, 0.1) is 0 Å². The minimum Gasteiger partial charge on any atom is -0.376 e. The number of amides is 1. The molecular formula is C18H15F3N4O2.